The summed E-state index contributed by atoms with van der Waals surface area (Å²) in [4.78, 5) is 22.7. The highest BCUT2D eigenvalue weighted by atomic mass is 31.1. The van der Waals surface area contributed by atoms with E-state index in [1.165, 1.54) is 0 Å². The number of benzene rings is 2. The number of carbonyl (C=O) groups is 1. The fourth-order valence-corrected chi connectivity index (χ4v) is 3.73. The van der Waals surface area contributed by atoms with Gasteiger partial charge >= 0.3 is 0 Å². The van der Waals surface area contributed by atoms with Gasteiger partial charge in [-0.15, -0.1) is 0 Å². The van der Waals surface area contributed by atoms with Gasteiger partial charge in [-0.25, -0.2) is 0 Å². The summed E-state index contributed by atoms with van der Waals surface area (Å²) in [6, 6.07) is 9.10. The Morgan fingerprint density at radius 3 is 2.18 bits per heavy atom. The van der Waals surface area contributed by atoms with Crippen LogP contribution in [0.3, 0.4) is 0 Å². The van der Waals surface area contributed by atoms with Crippen molar-refractivity contribution in [2.24, 2.45) is 0 Å². The highest BCUT2D eigenvalue weighted by molar-refractivity contribution is 7.47. The molecule has 2 aromatic rings. The molecule has 0 aliphatic carbocycles. The van der Waals surface area contributed by atoms with E-state index in [4.69, 9.17) is 0 Å². The first-order chi connectivity index (χ1) is 10.4. The number of ketones is 1. The molecule has 0 aromatic heterocycles. The molecule has 0 aliphatic heterocycles. The van der Waals surface area contributed by atoms with Gasteiger partial charge in [0.15, 0.2) is 5.78 Å². The summed E-state index contributed by atoms with van der Waals surface area (Å²) in [5.41, 5.74) is 4.75. The zero-order valence-corrected chi connectivity index (χ0v) is 14.4. The van der Waals surface area contributed by atoms with Gasteiger partial charge in [0.25, 0.3) is 0 Å². The molecule has 0 fully saturated rings. The number of hydrogen-bond donors (Lipinski definition) is 1. The number of aryl methyl sites for hydroxylation is 4. The lowest BCUT2D eigenvalue weighted by molar-refractivity contribution is 0.103. The molecule has 2 aromatic carbocycles. The molecule has 0 aliphatic rings. The number of carbonyl (C=O) groups excluding carboxylic acids is 1. The molecule has 2 rings (SSSR count). The normalized spacial score (nSPS) is 12.2. The van der Waals surface area contributed by atoms with Crippen LogP contribution < -0.4 is 5.30 Å². The van der Waals surface area contributed by atoms with Gasteiger partial charge < -0.3 is 4.89 Å². The van der Waals surface area contributed by atoms with Gasteiger partial charge in [0, 0.05) is 16.4 Å². The first kappa shape index (κ1) is 16.7. The third-order valence-electron chi connectivity index (χ3n) is 3.89. The Morgan fingerprint density at radius 2 is 1.68 bits per heavy atom. The molecule has 0 heterocycles. The van der Waals surface area contributed by atoms with Crippen molar-refractivity contribution in [1.82, 2.24) is 0 Å². The fourth-order valence-electron chi connectivity index (χ4n) is 3.00. The summed E-state index contributed by atoms with van der Waals surface area (Å²) in [5, 5.41) is 0.258. The summed E-state index contributed by atoms with van der Waals surface area (Å²) in [5.74, 6) is -0.158. The maximum atomic E-state index is 13.1. The predicted octanol–water partition coefficient (Wildman–Crippen LogP) is 3.50. The van der Waals surface area contributed by atoms with Crippen LogP contribution in [-0.2, 0) is 11.0 Å². The van der Waals surface area contributed by atoms with Crippen LogP contribution in [-0.4, -0.2) is 10.7 Å². The quantitative estimate of drug-likeness (QED) is 0.694. The van der Waals surface area contributed by atoms with E-state index < -0.39 is 8.03 Å². The molecule has 0 saturated heterocycles. The van der Waals surface area contributed by atoms with E-state index in [1.807, 2.05) is 45.9 Å². The van der Waals surface area contributed by atoms with Crippen molar-refractivity contribution in [2.45, 2.75) is 34.1 Å². The van der Waals surface area contributed by atoms with E-state index in [0.29, 0.717) is 17.5 Å². The third kappa shape index (κ3) is 3.06. The van der Waals surface area contributed by atoms with E-state index in [0.717, 1.165) is 22.3 Å². The molecule has 4 heteroatoms. The van der Waals surface area contributed by atoms with Crippen LogP contribution in [0.15, 0.2) is 30.3 Å². The van der Waals surface area contributed by atoms with Gasteiger partial charge in [0.1, 0.15) is 0 Å². The van der Waals surface area contributed by atoms with E-state index in [9.17, 15) is 14.3 Å². The average molecular weight is 316 g/mol. The second-order valence-corrected chi connectivity index (χ2v) is 6.75. The summed E-state index contributed by atoms with van der Waals surface area (Å²) >= 11 is 0. The molecule has 0 bridgehead atoms. The lowest BCUT2D eigenvalue weighted by Crippen LogP contribution is -2.18. The third-order valence-corrected chi connectivity index (χ3v) is 4.77. The molecule has 0 saturated carbocycles. The monoisotopic (exact) mass is 316 g/mol. The van der Waals surface area contributed by atoms with Gasteiger partial charge in [-0.1, -0.05) is 36.8 Å². The van der Waals surface area contributed by atoms with Crippen molar-refractivity contribution >= 4 is 19.1 Å². The van der Waals surface area contributed by atoms with E-state index >= 15 is 0 Å². The van der Waals surface area contributed by atoms with Crippen LogP contribution in [0, 0.1) is 20.8 Å². The Hall–Kier alpha value is -1.70. The van der Waals surface area contributed by atoms with Crippen molar-refractivity contribution in [3.05, 3.63) is 63.7 Å². The van der Waals surface area contributed by atoms with Crippen LogP contribution in [0.1, 0.15) is 45.1 Å². The van der Waals surface area contributed by atoms with Crippen molar-refractivity contribution in [3.63, 3.8) is 0 Å². The summed E-state index contributed by atoms with van der Waals surface area (Å²) in [6.07, 6.45) is 0.647. The Balaban J connectivity index is 2.72. The maximum absolute atomic E-state index is 13.1. The number of hydrogen-bond acceptors (Lipinski definition) is 2. The molecule has 1 atom stereocenters. The zero-order valence-electron chi connectivity index (χ0n) is 13.4. The van der Waals surface area contributed by atoms with Crippen molar-refractivity contribution in [3.8, 4) is 0 Å². The Labute approximate surface area is 131 Å². The highest BCUT2D eigenvalue weighted by Crippen LogP contribution is 2.26. The minimum atomic E-state index is -2.93. The smallest absolute Gasteiger partial charge is 0.218 e. The van der Waals surface area contributed by atoms with Crippen LogP contribution >= 0.6 is 8.03 Å². The first-order valence-corrected chi connectivity index (χ1v) is 8.70. The van der Waals surface area contributed by atoms with Crippen LogP contribution in [0.5, 0.6) is 0 Å². The molecule has 0 radical (unpaired) electrons. The minimum Gasteiger partial charge on any atom is -0.343 e. The SMILES string of the molecule is CCc1cccc([PH](=O)O)c1C(=O)c1c(C)cc(C)cc1C. The van der Waals surface area contributed by atoms with E-state index in [2.05, 4.69) is 0 Å². The van der Waals surface area contributed by atoms with Gasteiger partial charge in [-0.3, -0.25) is 9.36 Å². The standard InChI is InChI=1S/C18H21O3P/c1-5-14-7-6-8-15(22(20)21)17(14)18(19)16-12(3)9-11(2)10-13(16)4/h6-10,22H,5H2,1-4H3,(H,20,21). The molecule has 1 unspecified atom stereocenters. The van der Waals surface area contributed by atoms with Gasteiger partial charge in [0.2, 0.25) is 8.03 Å². The minimum absolute atomic E-state index is 0.158. The largest absolute Gasteiger partial charge is 0.343 e. The van der Waals surface area contributed by atoms with Gasteiger partial charge in [-0.05, 0) is 49.9 Å². The number of rotatable bonds is 4. The first-order valence-electron chi connectivity index (χ1n) is 7.34. The van der Waals surface area contributed by atoms with Crippen molar-refractivity contribution < 1.29 is 14.3 Å². The molecular formula is C18H21O3P. The summed E-state index contributed by atoms with van der Waals surface area (Å²) in [6.45, 7) is 7.75. The molecule has 22 heavy (non-hydrogen) atoms. The zero-order chi connectivity index (χ0) is 16.4. The van der Waals surface area contributed by atoms with Crippen LogP contribution in [0.4, 0.5) is 0 Å². The van der Waals surface area contributed by atoms with Crippen LogP contribution in [0.25, 0.3) is 0 Å². The molecule has 3 nitrogen and oxygen atoms in total. The molecule has 0 spiro atoms. The van der Waals surface area contributed by atoms with Crippen LogP contribution in [0.2, 0.25) is 0 Å². The van der Waals surface area contributed by atoms with E-state index in [-0.39, 0.29) is 11.1 Å². The average Bonchev–Trinajstić information content (AvgIpc) is 2.44. The van der Waals surface area contributed by atoms with Crippen molar-refractivity contribution in [2.75, 3.05) is 0 Å². The topological polar surface area (TPSA) is 54.4 Å². The second kappa shape index (κ2) is 6.60. The lowest BCUT2D eigenvalue weighted by Gasteiger charge is -2.15. The maximum Gasteiger partial charge on any atom is 0.218 e. The second-order valence-electron chi connectivity index (χ2n) is 5.60. The highest BCUT2D eigenvalue weighted by Gasteiger charge is 2.22. The Morgan fingerprint density at radius 1 is 1.09 bits per heavy atom. The van der Waals surface area contributed by atoms with Gasteiger partial charge in [-0.2, -0.15) is 0 Å². The predicted molar refractivity (Wildman–Crippen MR) is 90.8 cm³/mol. The summed E-state index contributed by atoms with van der Waals surface area (Å²) in [7, 11) is -2.93. The van der Waals surface area contributed by atoms with E-state index in [1.54, 1.807) is 12.1 Å². The Bertz CT molecular complexity index is 740. The van der Waals surface area contributed by atoms with Crippen molar-refractivity contribution in [1.29, 1.82) is 0 Å². The Kier molecular flexibility index (Phi) is 5.00. The molecule has 116 valence electrons. The fraction of sp³-hybridized carbons (Fsp3) is 0.278. The molecule has 0 amide bonds. The summed E-state index contributed by atoms with van der Waals surface area (Å²) < 4.78 is 11.7. The molecule has 1 N–H and O–H groups in total. The lowest BCUT2D eigenvalue weighted by atomic mass is 9.90. The molecular weight excluding hydrogens is 295 g/mol. The van der Waals surface area contributed by atoms with Gasteiger partial charge in [0.05, 0.1) is 0 Å².